The summed E-state index contributed by atoms with van der Waals surface area (Å²) in [5, 5.41) is 0. The standard InChI is InChI=1S/C12H18Cl2N2/c1-4-15-9(3)16(5-2)11-8-12(13,14)7-6-10(11)15/h6-7,9H,4-5,8H2,1-3H3. The lowest BCUT2D eigenvalue weighted by Gasteiger charge is -2.30. The van der Waals surface area contributed by atoms with Crippen LogP contribution in [0, 0.1) is 0 Å². The first kappa shape index (κ1) is 12.1. The molecule has 16 heavy (non-hydrogen) atoms. The molecule has 1 unspecified atom stereocenters. The summed E-state index contributed by atoms with van der Waals surface area (Å²) >= 11 is 12.4. The third kappa shape index (κ3) is 1.82. The monoisotopic (exact) mass is 260 g/mol. The summed E-state index contributed by atoms with van der Waals surface area (Å²) < 4.78 is -0.740. The molecule has 4 heteroatoms. The fourth-order valence-corrected chi connectivity index (χ4v) is 3.04. The van der Waals surface area contributed by atoms with Gasteiger partial charge in [-0.25, -0.2) is 0 Å². The molecule has 1 atom stereocenters. The lowest BCUT2D eigenvalue weighted by molar-refractivity contribution is 0.166. The van der Waals surface area contributed by atoms with Crippen molar-refractivity contribution in [2.24, 2.45) is 0 Å². The number of alkyl halides is 2. The van der Waals surface area contributed by atoms with Crippen molar-refractivity contribution in [3.05, 3.63) is 23.5 Å². The predicted molar refractivity (Wildman–Crippen MR) is 69.4 cm³/mol. The first-order valence-corrected chi connectivity index (χ1v) is 6.59. The molecule has 2 nitrogen and oxygen atoms in total. The van der Waals surface area contributed by atoms with Gasteiger partial charge < -0.3 is 9.80 Å². The van der Waals surface area contributed by atoms with Crippen LogP contribution in [0.5, 0.6) is 0 Å². The van der Waals surface area contributed by atoms with Crippen LogP contribution >= 0.6 is 23.2 Å². The van der Waals surface area contributed by atoms with Gasteiger partial charge in [0.15, 0.2) is 0 Å². The van der Waals surface area contributed by atoms with Gasteiger partial charge in [0.25, 0.3) is 0 Å². The Kier molecular flexibility index (Phi) is 3.15. The summed E-state index contributed by atoms with van der Waals surface area (Å²) in [7, 11) is 0. The smallest absolute Gasteiger partial charge is 0.142 e. The maximum Gasteiger partial charge on any atom is 0.142 e. The molecule has 0 saturated heterocycles. The fraction of sp³-hybridized carbons (Fsp3) is 0.667. The van der Waals surface area contributed by atoms with E-state index in [4.69, 9.17) is 23.2 Å². The molecule has 0 spiro atoms. The molecule has 0 N–H and O–H groups in total. The molecule has 1 heterocycles. The maximum atomic E-state index is 6.20. The molecule has 0 fully saturated rings. The van der Waals surface area contributed by atoms with Gasteiger partial charge >= 0.3 is 0 Å². The highest BCUT2D eigenvalue weighted by Gasteiger charge is 2.38. The van der Waals surface area contributed by atoms with Crippen LogP contribution in [0.25, 0.3) is 0 Å². The first-order chi connectivity index (χ1) is 7.50. The van der Waals surface area contributed by atoms with E-state index in [0.717, 1.165) is 13.1 Å². The van der Waals surface area contributed by atoms with Crippen molar-refractivity contribution < 1.29 is 0 Å². The van der Waals surface area contributed by atoms with E-state index in [-0.39, 0.29) is 0 Å². The van der Waals surface area contributed by atoms with E-state index >= 15 is 0 Å². The van der Waals surface area contributed by atoms with E-state index in [1.54, 1.807) is 0 Å². The van der Waals surface area contributed by atoms with Crippen molar-refractivity contribution in [3.63, 3.8) is 0 Å². The van der Waals surface area contributed by atoms with Crippen molar-refractivity contribution in [2.75, 3.05) is 13.1 Å². The molecule has 0 amide bonds. The number of nitrogens with zero attached hydrogens (tertiary/aromatic N) is 2. The minimum atomic E-state index is -0.740. The van der Waals surface area contributed by atoms with E-state index < -0.39 is 4.33 Å². The third-order valence-corrected chi connectivity index (χ3v) is 3.94. The van der Waals surface area contributed by atoms with Gasteiger partial charge in [0.2, 0.25) is 0 Å². The van der Waals surface area contributed by atoms with Gasteiger partial charge in [-0.15, -0.1) is 0 Å². The Balaban J connectivity index is 2.36. The Morgan fingerprint density at radius 2 is 1.94 bits per heavy atom. The van der Waals surface area contributed by atoms with Gasteiger partial charge in [0, 0.05) is 25.2 Å². The Bertz CT molecular complexity index is 347. The van der Waals surface area contributed by atoms with Crippen LogP contribution in [-0.2, 0) is 0 Å². The van der Waals surface area contributed by atoms with E-state index in [9.17, 15) is 0 Å². The molecule has 0 aromatic heterocycles. The minimum Gasteiger partial charge on any atom is -0.353 e. The van der Waals surface area contributed by atoms with E-state index in [0.29, 0.717) is 12.6 Å². The molecular formula is C12H18Cl2N2. The molecule has 0 aromatic carbocycles. The van der Waals surface area contributed by atoms with Gasteiger partial charge in [0.05, 0.1) is 11.9 Å². The number of allylic oxidation sites excluding steroid dienone is 3. The molecule has 0 aromatic rings. The largest absolute Gasteiger partial charge is 0.353 e. The molecule has 1 aliphatic heterocycles. The first-order valence-electron chi connectivity index (χ1n) is 5.83. The molecule has 0 bridgehead atoms. The van der Waals surface area contributed by atoms with Crippen LogP contribution in [0.3, 0.4) is 0 Å². The van der Waals surface area contributed by atoms with Crippen molar-refractivity contribution in [3.8, 4) is 0 Å². The average molecular weight is 261 g/mol. The molecule has 90 valence electrons. The number of hydrogen-bond donors (Lipinski definition) is 0. The summed E-state index contributed by atoms with van der Waals surface area (Å²) in [5.74, 6) is 0. The molecule has 1 aliphatic carbocycles. The molecule has 2 rings (SSSR count). The third-order valence-electron chi connectivity index (χ3n) is 3.42. The molecule has 0 radical (unpaired) electrons. The van der Waals surface area contributed by atoms with E-state index in [1.807, 2.05) is 6.08 Å². The Morgan fingerprint density at radius 3 is 2.50 bits per heavy atom. The van der Waals surface area contributed by atoms with Crippen LogP contribution in [0.4, 0.5) is 0 Å². The van der Waals surface area contributed by atoms with Crippen molar-refractivity contribution in [1.29, 1.82) is 0 Å². The summed E-state index contributed by atoms with van der Waals surface area (Å²) in [6.45, 7) is 8.58. The van der Waals surface area contributed by atoms with Gasteiger partial charge in [-0.05, 0) is 32.9 Å². The highest BCUT2D eigenvalue weighted by Crippen LogP contribution is 2.42. The van der Waals surface area contributed by atoms with Crippen LogP contribution in [0.2, 0.25) is 0 Å². The Labute approximate surface area is 107 Å². The zero-order valence-electron chi connectivity index (χ0n) is 10.0. The van der Waals surface area contributed by atoms with Gasteiger partial charge in [-0.3, -0.25) is 0 Å². The maximum absolute atomic E-state index is 6.20. The normalized spacial score (nSPS) is 27.7. The van der Waals surface area contributed by atoms with Crippen molar-refractivity contribution >= 4 is 23.2 Å². The fourth-order valence-electron chi connectivity index (χ4n) is 2.66. The van der Waals surface area contributed by atoms with Crippen LogP contribution in [0.1, 0.15) is 27.2 Å². The Hall–Kier alpha value is -0.340. The quantitative estimate of drug-likeness (QED) is 0.703. The summed E-state index contributed by atoms with van der Waals surface area (Å²) in [6, 6.07) is 0. The molecule has 2 aliphatic rings. The van der Waals surface area contributed by atoms with Crippen LogP contribution in [0.15, 0.2) is 23.5 Å². The summed E-state index contributed by atoms with van der Waals surface area (Å²) in [5.41, 5.74) is 2.57. The Morgan fingerprint density at radius 1 is 1.31 bits per heavy atom. The number of rotatable bonds is 2. The highest BCUT2D eigenvalue weighted by atomic mass is 35.5. The molecular weight excluding hydrogens is 243 g/mol. The zero-order chi connectivity index (χ0) is 11.9. The van der Waals surface area contributed by atoms with Gasteiger partial charge in [-0.1, -0.05) is 23.2 Å². The lowest BCUT2D eigenvalue weighted by Crippen LogP contribution is -2.37. The van der Waals surface area contributed by atoms with Gasteiger partial charge in [-0.2, -0.15) is 0 Å². The second kappa shape index (κ2) is 4.15. The number of likely N-dealkylation sites (N-methyl/N-ethyl adjacent to an activating group) is 1. The van der Waals surface area contributed by atoms with E-state index in [1.165, 1.54) is 11.4 Å². The second-order valence-electron chi connectivity index (χ2n) is 4.31. The molecule has 0 saturated carbocycles. The average Bonchev–Trinajstić information content (AvgIpc) is 2.47. The van der Waals surface area contributed by atoms with Gasteiger partial charge in [0.1, 0.15) is 4.33 Å². The van der Waals surface area contributed by atoms with Crippen molar-refractivity contribution in [1.82, 2.24) is 9.80 Å². The van der Waals surface area contributed by atoms with Crippen LogP contribution in [-0.4, -0.2) is 33.4 Å². The zero-order valence-corrected chi connectivity index (χ0v) is 11.5. The van der Waals surface area contributed by atoms with E-state index in [2.05, 4.69) is 36.6 Å². The predicted octanol–water partition coefficient (Wildman–Crippen LogP) is 3.34. The summed E-state index contributed by atoms with van der Waals surface area (Å²) in [4.78, 5) is 4.76. The van der Waals surface area contributed by atoms with Crippen molar-refractivity contribution in [2.45, 2.75) is 37.7 Å². The lowest BCUT2D eigenvalue weighted by atomic mass is 10.1. The second-order valence-corrected chi connectivity index (χ2v) is 5.85. The number of halogens is 2. The van der Waals surface area contributed by atoms with Crippen LogP contribution < -0.4 is 0 Å². The number of hydrogen-bond acceptors (Lipinski definition) is 2. The SMILES string of the molecule is CCN1C2=C(CC(Cl)(Cl)C=C2)N(CC)C1C. The summed E-state index contributed by atoms with van der Waals surface area (Å²) in [6.07, 6.45) is 5.07. The minimum absolute atomic E-state index is 0.409. The highest BCUT2D eigenvalue weighted by molar-refractivity contribution is 6.50. The topological polar surface area (TPSA) is 6.48 Å².